The van der Waals surface area contributed by atoms with Crippen LogP contribution in [0.25, 0.3) is 0 Å². The minimum absolute atomic E-state index is 0.118. The Kier molecular flexibility index (Phi) is 5.67. The van der Waals surface area contributed by atoms with Gasteiger partial charge in [-0.05, 0) is 30.3 Å². The standard InChI is InChI=1S/C16H14FN3O3S2/c1-22-14-5-4-10(17)7-12(14)13(21)9-24-16-20-19-15(25-16)18-8-11-3-2-6-23-11/h2-7H,8-9H2,1H3,(H,18,19). The number of ketones is 1. The number of carbonyl (C=O) groups excluding carboxylic acids is 1. The van der Waals surface area contributed by atoms with Crippen LogP contribution in [0.1, 0.15) is 16.1 Å². The number of methoxy groups -OCH3 is 1. The summed E-state index contributed by atoms with van der Waals surface area (Å²) in [4.78, 5) is 12.3. The van der Waals surface area contributed by atoms with E-state index < -0.39 is 5.82 Å². The van der Waals surface area contributed by atoms with Gasteiger partial charge >= 0.3 is 0 Å². The van der Waals surface area contributed by atoms with Crippen LogP contribution in [0.5, 0.6) is 5.75 Å². The molecule has 0 amide bonds. The van der Waals surface area contributed by atoms with E-state index in [-0.39, 0.29) is 17.1 Å². The van der Waals surface area contributed by atoms with E-state index in [4.69, 9.17) is 9.15 Å². The van der Waals surface area contributed by atoms with E-state index in [2.05, 4.69) is 15.5 Å². The zero-order valence-electron chi connectivity index (χ0n) is 13.2. The van der Waals surface area contributed by atoms with Gasteiger partial charge in [0.15, 0.2) is 10.1 Å². The maximum atomic E-state index is 13.4. The summed E-state index contributed by atoms with van der Waals surface area (Å²) in [7, 11) is 1.44. The molecule has 6 nitrogen and oxygen atoms in total. The largest absolute Gasteiger partial charge is 0.496 e. The number of carbonyl (C=O) groups is 1. The highest BCUT2D eigenvalue weighted by atomic mass is 32.2. The number of nitrogens with zero attached hydrogens (tertiary/aromatic N) is 2. The molecular formula is C16H14FN3O3S2. The third kappa shape index (κ3) is 4.58. The molecule has 0 atom stereocenters. The smallest absolute Gasteiger partial charge is 0.206 e. The molecule has 1 aromatic carbocycles. The number of benzene rings is 1. The summed E-state index contributed by atoms with van der Waals surface area (Å²) in [5.74, 6) is 0.547. The lowest BCUT2D eigenvalue weighted by Crippen LogP contribution is -2.05. The fourth-order valence-electron chi connectivity index (χ4n) is 2.02. The van der Waals surface area contributed by atoms with E-state index in [0.717, 1.165) is 5.76 Å². The molecule has 130 valence electrons. The minimum atomic E-state index is -0.477. The SMILES string of the molecule is COc1ccc(F)cc1C(=O)CSc1nnc(NCc2ccco2)s1. The Bertz CT molecular complexity index is 852. The Morgan fingerprint density at radius 3 is 3.04 bits per heavy atom. The van der Waals surface area contributed by atoms with Crippen LogP contribution in [0.15, 0.2) is 45.4 Å². The Morgan fingerprint density at radius 1 is 1.40 bits per heavy atom. The number of halogens is 1. The van der Waals surface area contributed by atoms with Gasteiger partial charge in [0, 0.05) is 0 Å². The molecule has 9 heteroatoms. The van der Waals surface area contributed by atoms with Gasteiger partial charge in [-0.25, -0.2) is 4.39 Å². The lowest BCUT2D eigenvalue weighted by Gasteiger charge is -2.06. The molecule has 0 aliphatic heterocycles. The summed E-state index contributed by atoms with van der Waals surface area (Å²) in [6.07, 6.45) is 1.60. The quantitative estimate of drug-likeness (QED) is 0.470. The second-order valence-corrected chi connectivity index (χ2v) is 7.06. The topological polar surface area (TPSA) is 77.2 Å². The molecule has 0 fully saturated rings. The van der Waals surface area contributed by atoms with Crippen molar-refractivity contribution in [2.45, 2.75) is 10.9 Å². The Hall–Kier alpha value is -2.39. The van der Waals surface area contributed by atoms with Crippen molar-refractivity contribution in [2.75, 3.05) is 18.2 Å². The van der Waals surface area contributed by atoms with Crippen molar-refractivity contribution in [3.63, 3.8) is 0 Å². The Labute approximate surface area is 151 Å². The first-order valence-corrected chi connectivity index (χ1v) is 9.05. The van der Waals surface area contributed by atoms with Crippen molar-refractivity contribution in [3.8, 4) is 5.75 Å². The number of Topliss-reactive ketones (excluding diaryl/α,β-unsaturated/α-hetero) is 1. The van der Waals surface area contributed by atoms with E-state index in [1.165, 1.54) is 48.4 Å². The third-order valence-corrected chi connectivity index (χ3v) is 5.20. The van der Waals surface area contributed by atoms with Crippen molar-refractivity contribution >= 4 is 34.0 Å². The molecule has 0 radical (unpaired) electrons. The fraction of sp³-hybridized carbons (Fsp3) is 0.188. The highest BCUT2D eigenvalue weighted by Crippen LogP contribution is 2.28. The molecule has 0 bridgehead atoms. The number of furan rings is 1. The third-order valence-electron chi connectivity index (χ3n) is 3.19. The van der Waals surface area contributed by atoms with E-state index in [1.54, 1.807) is 6.26 Å². The van der Waals surface area contributed by atoms with Crippen molar-refractivity contribution in [1.82, 2.24) is 10.2 Å². The molecule has 0 unspecified atom stereocenters. The molecule has 3 rings (SSSR count). The van der Waals surface area contributed by atoms with Crippen LogP contribution in [0.3, 0.4) is 0 Å². The normalized spacial score (nSPS) is 10.6. The molecule has 2 heterocycles. The molecule has 0 saturated heterocycles. The summed E-state index contributed by atoms with van der Waals surface area (Å²) in [5.41, 5.74) is 0.218. The van der Waals surface area contributed by atoms with Gasteiger partial charge in [0.05, 0.1) is 31.2 Å². The molecular weight excluding hydrogens is 365 g/mol. The van der Waals surface area contributed by atoms with Crippen molar-refractivity contribution in [2.24, 2.45) is 0 Å². The molecule has 25 heavy (non-hydrogen) atoms. The summed E-state index contributed by atoms with van der Waals surface area (Å²) in [5, 5.41) is 11.8. The van der Waals surface area contributed by atoms with Gasteiger partial charge in [-0.3, -0.25) is 4.79 Å². The maximum absolute atomic E-state index is 13.4. The highest BCUT2D eigenvalue weighted by Gasteiger charge is 2.15. The molecule has 0 aliphatic carbocycles. The first kappa shape index (κ1) is 17.4. The van der Waals surface area contributed by atoms with Gasteiger partial charge < -0.3 is 14.5 Å². The van der Waals surface area contributed by atoms with E-state index in [9.17, 15) is 9.18 Å². The van der Waals surface area contributed by atoms with Crippen LogP contribution < -0.4 is 10.1 Å². The maximum Gasteiger partial charge on any atom is 0.206 e. The van der Waals surface area contributed by atoms with E-state index >= 15 is 0 Å². The second-order valence-electron chi connectivity index (χ2n) is 4.86. The monoisotopic (exact) mass is 379 g/mol. The number of nitrogens with one attached hydrogen (secondary N) is 1. The highest BCUT2D eigenvalue weighted by molar-refractivity contribution is 8.01. The summed E-state index contributed by atoms with van der Waals surface area (Å²) >= 11 is 2.58. The lowest BCUT2D eigenvalue weighted by atomic mass is 10.1. The predicted molar refractivity (Wildman–Crippen MR) is 94.0 cm³/mol. The number of thioether (sulfide) groups is 1. The average molecular weight is 379 g/mol. The summed E-state index contributed by atoms with van der Waals surface area (Å²) < 4.78 is 24.3. The lowest BCUT2D eigenvalue weighted by molar-refractivity contribution is 0.101. The number of anilines is 1. The number of hydrogen-bond donors (Lipinski definition) is 1. The van der Waals surface area contributed by atoms with Gasteiger partial charge in [-0.15, -0.1) is 10.2 Å². The zero-order valence-corrected chi connectivity index (χ0v) is 14.8. The number of ether oxygens (including phenoxy) is 1. The van der Waals surface area contributed by atoms with Crippen molar-refractivity contribution in [1.29, 1.82) is 0 Å². The second kappa shape index (κ2) is 8.13. The van der Waals surface area contributed by atoms with Crippen LogP contribution in [0.4, 0.5) is 9.52 Å². The van der Waals surface area contributed by atoms with Gasteiger partial charge in [-0.1, -0.05) is 23.1 Å². The Balaban J connectivity index is 1.56. The zero-order chi connectivity index (χ0) is 17.6. The molecule has 0 aliphatic rings. The van der Waals surface area contributed by atoms with Gasteiger partial charge in [0.25, 0.3) is 0 Å². The van der Waals surface area contributed by atoms with Crippen LogP contribution in [-0.2, 0) is 6.54 Å². The first-order chi connectivity index (χ1) is 12.2. The number of aromatic nitrogens is 2. The van der Waals surface area contributed by atoms with Crippen LogP contribution in [-0.4, -0.2) is 28.8 Å². The van der Waals surface area contributed by atoms with E-state index in [1.807, 2.05) is 12.1 Å². The average Bonchev–Trinajstić information content (AvgIpc) is 3.29. The first-order valence-electron chi connectivity index (χ1n) is 7.25. The van der Waals surface area contributed by atoms with Crippen LogP contribution >= 0.6 is 23.1 Å². The predicted octanol–water partition coefficient (Wildman–Crippen LogP) is 3.87. The van der Waals surface area contributed by atoms with Crippen LogP contribution in [0, 0.1) is 5.82 Å². The van der Waals surface area contributed by atoms with Crippen molar-refractivity contribution in [3.05, 3.63) is 53.7 Å². The number of hydrogen-bond acceptors (Lipinski definition) is 8. The Morgan fingerprint density at radius 2 is 2.28 bits per heavy atom. The molecule has 0 spiro atoms. The fourth-order valence-corrected chi connectivity index (χ4v) is 3.65. The van der Waals surface area contributed by atoms with E-state index in [0.29, 0.717) is 21.8 Å². The van der Waals surface area contributed by atoms with Gasteiger partial charge in [0.2, 0.25) is 5.13 Å². The summed E-state index contributed by atoms with van der Waals surface area (Å²) in [6.45, 7) is 0.506. The molecule has 1 N–H and O–H groups in total. The van der Waals surface area contributed by atoms with Gasteiger partial charge in [-0.2, -0.15) is 0 Å². The minimum Gasteiger partial charge on any atom is -0.496 e. The van der Waals surface area contributed by atoms with Gasteiger partial charge in [0.1, 0.15) is 17.3 Å². The number of rotatable bonds is 8. The van der Waals surface area contributed by atoms with Crippen LogP contribution in [0.2, 0.25) is 0 Å². The summed E-state index contributed by atoms with van der Waals surface area (Å²) in [6, 6.07) is 7.54. The molecule has 0 saturated carbocycles. The van der Waals surface area contributed by atoms with Crippen molar-refractivity contribution < 1.29 is 18.3 Å². The molecule has 3 aromatic rings. The molecule has 2 aromatic heterocycles.